The number of nitrogens with zero attached hydrogens (tertiary/aromatic N) is 1. The van der Waals surface area contributed by atoms with Crippen molar-refractivity contribution >= 4 is 17.5 Å². The number of carboxylic acids is 1. The lowest BCUT2D eigenvalue weighted by molar-refractivity contribution is -0.139. The molecule has 0 radical (unpaired) electrons. The third-order valence-corrected chi connectivity index (χ3v) is 6.71. The standard InChI is InChI=1S/C29H28F3NO3/c30-29(31,32)24-18-22(20-9-4-5-10-20)13-6-8-19-16-25(24)33-26(17-19)27(34)15-7-14-23(28(35)36)21-11-2-1-3-12-21/h1-4,9-13,17-19,23H,5-8,14-16H2,(H,35,36). The van der Waals surface area contributed by atoms with Crippen molar-refractivity contribution in [3.05, 3.63) is 94.8 Å². The van der Waals surface area contributed by atoms with Gasteiger partial charge in [-0.1, -0.05) is 60.7 Å². The Kier molecular flexibility index (Phi) is 7.87. The van der Waals surface area contributed by atoms with Gasteiger partial charge in [0, 0.05) is 6.42 Å². The van der Waals surface area contributed by atoms with Crippen LogP contribution in [0.3, 0.4) is 0 Å². The number of fused-ring (bicyclic) bond motifs is 2. The van der Waals surface area contributed by atoms with Crippen molar-refractivity contribution in [1.82, 2.24) is 0 Å². The van der Waals surface area contributed by atoms with Gasteiger partial charge in [0.1, 0.15) is 5.70 Å². The fraction of sp³-hybridized carbons (Fsp3) is 0.345. The lowest BCUT2D eigenvalue weighted by Gasteiger charge is -2.22. The average Bonchev–Trinajstić information content (AvgIpc) is 3.39. The van der Waals surface area contributed by atoms with Gasteiger partial charge in [0.25, 0.3) is 0 Å². The fourth-order valence-electron chi connectivity index (χ4n) is 4.85. The van der Waals surface area contributed by atoms with Crippen molar-refractivity contribution < 1.29 is 27.9 Å². The number of hydrogen-bond acceptors (Lipinski definition) is 3. The maximum atomic E-state index is 14.1. The Balaban J connectivity index is 1.53. The largest absolute Gasteiger partial charge is 0.481 e. The van der Waals surface area contributed by atoms with Crippen LogP contribution in [0.1, 0.15) is 56.4 Å². The van der Waals surface area contributed by atoms with Gasteiger partial charge in [0.15, 0.2) is 5.78 Å². The first-order valence-corrected chi connectivity index (χ1v) is 12.2. The first-order chi connectivity index (χ1) is 17.2. The number of halogens is 3. The van der Waals surface area contributed by atoms with Gasteiger partial charge in [-0.25, -0.2) is 4.99 Å². The molecule has 36 heavy (non-hydrogen) atoms. The van der Waals surface area contributed by atoms with E-state index in [0.717, 1.165) is 11.6 Å². The highest BCUT2D eigenvalue weighted by Gasteiger charge is 2.39. The zero-order valence-electron chi connectivity index (χ0n) is 19.8. The van der Waals surface area contributed by atoms with Crippen LogP contribution in [0.4, 0.5) is 13.2 Å². The van der Waals surface area contributed by atoms with E-state index in [1.54, 1.807) is 36.4 Å². The maximum absolute atomic E-state index is 14.1. The van der Waals surface area contributed by atoms with E-state index in [1.165, 1.54) is 0 Å². The molecule has 1 heterocycles. The second kappa shape index (κ2) is 11.1. The first kappa shape index (κ1) is 25.6. The highest BCUT2D eigenvalue weighted by molar-refractivity contribution is 6.07. The van der Waals surface area contributed by atoms with Crippen molar-refractivity contribution in [3.8, 4) is 0 Å². The minimum Gasteiger partial charge on any atom is -0.481 e. The summed E-state index contributed by atoms with van der Waals surface area (Å²) in [5.74, 6) is -2.30. The third kappa shape index (κ3) is 6.20. The monoisotopic (exact) mass is 495 g/mol. The molecule has 2 bridgehead atoms. The van der Waals surface area contributed by atoms with E-state index in [1.807, 2.05) is 24.3 Å². The summed E-state index contributed by atoms with van der Waals surface area (Å²) in [6.07, 6.45) is 8.32. The smallest absolute Gasteiger partial charge is 0.418 e. The van der Waals surface area contributed by atoms with Crippen LogP contribution in [0.5, 0.6) is 0 Å². The summed E-state index contributed by atoms with van der Waals surface area (Å²) in [4.78, 5) is 28.9. The molecule has 3 aliphatic rings. The van der Waals surface area contributed by atoms with Crippen LogP contribution in [-0.4, -0.2) is 28.7 Å². The molecule has 2 aliphatic carbocycles. The highest BCUT2D eigenvalue weighted by Crippen LogP contribution is 2.37. The summed E-state index contributed by atoms with van der Waals surface area (Å²) in [5, 5.41) is 9.60. The number of hydrogen-bond donors (Lipinski definition) is 1. The predicted molar refractivity (Wildman–Crippen MR) is 133 cm³/mol. The first-order valence-electron chi connectivity index (χ1n) is 12.2. The Bertz CT molecular complexity index is 1200. The van der Waals surface area contributed by atoms with Crippen molar-refractivity contribution in [1.29, 1.82) is 0 Å². The van der Waals surface area contributed by atoms with Crippen molar-refractivity contribution in [2.24, 2.45) is 10.9 Å². The number of alkyl halides is 3. The molecule has 0 amide bonds. The predicted octanol–water partition coefficient (Wildman–Crippen LogP) is 7.03. The molecule has 4 rings (SSSR count). The van der Waals surface area contributed by atoms with E-state index in [4.69, 9.17) is 0 Å². The Morgan fingerprint density at radius 1 is 1.11 bits per heavy atom. The number of carboxylic acid groups (broad SMARTS) is 1. The average molecular weight is 496 g/mol. The summed E-state index contributed by atoms with van der Waals surface area (Å²) in [5.41, 5.74) is 1.08. The minimum absolute atomic E-state index is 0.0260. The van der Waals surface area contributed by atoms with Crippen LogP contribution in [0.15, 0.2) is 94.2 Å². The van der Waals surface area contributed by atoms with Crippen LogP contribution in [0.2, 0.25) is 0 Å². The second-order valence-electron chi connectivity index (χ2n) is 9.28. The van der Waals surface area contributed by atoms with Crippen LogP contribution in [0.25, 0.3) is 0 Å². The van der Waals surface area contributed by atoms with Gasteiger partial charge in [-0.05, 0) is 67.2 Å². The van der Waals surface area contributed by atoms with Gasteiger partial charge in [0.05, 0.1) is 17.2 Å². The molecule has 0 spiro atoms. The molecule has 188 valence electrons. The molecular formula is C29H28F3NO3. The number of allylic oxidation sites excluding steroid dienone is 10. The zero-order valence-corrected chi connectivity index (χ0v) is 19.8. The molecule has 0 saturated heterocycles. The Morgan fingerprint density at radius 2 is 1.89 bits per heavy atom. The van der Waals surface area contributed by atoms with E-state index in [0.29, 0.717) is 36.8 Å². The number of carbonyl (C=O) groups excluding carboxylic acids is 1. The summed E-state index contributed by atoms with van der Waals surface area (Å²) < 4.78 is 42.4. The molecule has 0 saturated carbocycles. The van der Waals surface area contributed by atoms with Gasteiger partial charge < -0.3 is 5.11 Å². The lowest BCUT2D eigenvalue weighted by atomic mass is 9.89. The number of Topliss-reactive ketones (excluding diaryl/α,β-unsaturated/α-hetero) is 1. The summed E-state index contributed by atoms with van der Waals surface area (Å²) >= 11 is 0. The van der Waals surface area contributed by atoms with Crippen LogP contribution in [-0.2, 0) is 9.59 Å². The molecular weight excluding hydrogens is 467 g/mol. The molecule has 1 aliphatic heterocycles. The number of rotatable bonds is 8. The van der Waals surface area contributed by atoms with Gasteiger partial charge in [-0.3, -0.25) is 9.59 Å². The summed E-state index contributed by atoms with van der Waals surface area (Å²) in [6.45, 7) is 0. The normalized spacial score (nSPS) is 20.6. The molecule has 1 N–H and O–H groups in total. The van der Waals surface area contributed by atoms with Crippen LogP contribution >= 0.6 is 0 Å². The molecule has 2 atom stereocenters. The molecule has 0 fully saturated rings. The topological polar surface area (TPSA) is 66.7 Å². The highest BCUT2D eigenvalue weighted by atomic mass is 19.4. The summed E-state index contributed by atoms with van der Waals surface area (Å²) in [7, 11) is 0. The molecule has 4 nitrogen and oxygen atoms in total. The Labute approximate surface area is 208 Å². The SMILES string of the molecule is O=C(CCCC(C(=O)O)c1ccccc1)C1=CC2CCC=C(C3=CCC=C3)C=C(C(F)(F)F)C(=N1)C2. The maximum Gasteiger partial charge on any atom is 0.418 e. The second-order valence-corrected chi connectivity index (χ2v) is 9.28. The number of carbonyl (C=O) groups is 2. The number of ketones is 1. The molecule has 0 aromatic heterocycles. The van der Waals surface area contributed by atoms with Crippen LogP contribution < -0.4 is 0 Å². The van der Waals surface area contributed by atoms with Crippen LogP contribution in [0, 0.1) is 5.92 Å². The Morgan fingerprint density at radius 3 is 2.56 bits per heavy atom. The van der Waals surface area contributed by atoms with E-state index in [9.17, 15) is 27.9 Å². The van der Waals surface area contributed by atoms with E-state index in [2.05, 4.69) is 4.99 Å². The van der Waals surface area contributed by atoms with E-state index >= 15 is 0 Å². The van der Waals surface area contributed by atoms with Gasteiger partial charge in [-0.2, -0.15) is 13.2 Å². The van der Waals surface area contributed by atoms with E-state index < -0.39 is 23.6 Å². The lowest BCUT2D eigenvalue weighted by Crippen LogP contribution is -2.25. The quantitative estimate of drug-likeness (QED) is 0.421. The number of aliphatic imine (C=N–C) groups is 1. The third-order valence-electron chi connectivity index (χ3n) is 6.71. The van der Waals surface area contributed by atoms with E-state index in [-0.39, 0.29) is 42.4 Å². The van der Waals surface area contributed by atoms with Crippen molar-refractivity contribution in [2.45, 2.75) is 57.0 Å². The zero-order chi connectivity index (χ0) is 25.7. The number of aliphatic carboxylic acids is 1. The fourth-order valence-corrected chi connectivity index (χ4v) is 4.85. The Hall–Kier alpha value is -3.48. The molecule has 1 aromatic rings. The van der Waals surface area contributed by atoms with Gasteiger partial charge in [-0.15, -0.1) is 0 Å². The molecule has 2 unspecified atom stereocenters. The van der Waals surface area contributed by atoms with Gasteiger partial charge in [0.2, 0.25) is 0 Å². The number of benzene rings is 1. The van der Waals surface area contributed by atoms with Gasteiger partial charge >= 0.3 is 12.1 Å². The molecule has 1 aromatic carbocycles. The summed E-state index contributed by atoms with van der Waals surface area (Å²) in [6, 6.07) is 8.79. The minimum atomic E-state index is -4.61. The molecule has 7 heteroatoms. The van der Waals surface area contributed by atoms with Crippen molar-refractivity contribution in [3.63, 3.8) is 0 Å². The van der Waals surface area contributed by atoms with Crippen molar-refractivity contribution in [2.75, 3.05) is 0 Å².